The van der Waals surface area contributed by atoms with Gasteiger partial charge in [-0.2, -0.15) is 13.2 Å². The van der Waals surface area contributed by atoms with E-state index in [0.717, 1.165) is 4.90 Å². The summed E-state index contributed by atoms with van der Waals surface area (Å²) in [6.07, 6.45) is -2.40. The summed E-state index contributed by atoms with van der Waals surface area (Å²) in [5.41, 5.74) is 0. The molecular formula is C9H12F3NO2. The van der Waals surface area contributed by atoms with E-state index in [0.29, 0.717) is 12.2 Å². The number of hydrogen-bond acceptors (Lipinski definition) is 3. The van der Waals surface area contributed by atoms with Gasteiger partial charge in [-0.05, 0) is 0 Å². The molecule has 0 aliphatic carbocycles. The molecule has 3 nitrogen and oxygen atoms in total. The van der Waals surface area contributed by atoms with Crippen LogP contribution in [-0.4, -0.2) is 30.1 Å². The molecule has 1 rings (SSSR count). The summed E-state index contributed by atoms with van der Waals surface area (Å²) in [4.78, 5) is 12.0. The molecule has 1 heterocycles. The molecule has 86 valence electrons. The Morgan fingerprint density at radius 1 is 1.60 bits per heavy atom. The summed E-state index contributed by atoms with van der Waals surface area (Å²) in [6, 6.07) is 0. The fourth-order valence-corrected chi connectivity index (χ4v) is 1.24. The predicted octanol–water partition coefficient (Wildman–Crippen LogP) is 2.05. The number of hydrogen-bond donors (Lipinski definition) is 0. The van der Waals surface area contributed by atoms with Gasteiger partial charge in [-0.15, -0.1) is 0 Å². The van der Waals surface area contributed by atoms with E-state index in [-0.39, 0.29) is 13.0 Å². The van der Waals surface area contributed by atoms with Gasteiger partial charge < -0.3 is 9.64 Å². The molecule has 0 amide bonds. The van der Waals surface area contributed by atoms with Crippen LogP contribution in [0.3, 0.4) is 0 Å². The Kier molecular flexibility index (Phi) is 3.60. The number of carbonyl (C=O) groups is 1. The first-order valence-electron chi connectivity index (χ1n) is 4.63. The minimum atomic E-state index is -4.22. The third-order valence-electron chi connectivity index (χ3n) is 1.89. The molecule has 15 heavy (non-hydrogen) atoms. The van der Waals surface area contributed by atoms with Crippen molar-refractivity contribution in [1.29, 1.82) is 0 Å². The van der Waals surface area contributed by atoms with Crippen molar-refractivity contribution >= 4 is 5.97 Å². The van der Waals surface area contributed by atoms with Gasteiger partial charge in [0.1, 0.15) is 12.3 Å². The quantitative estimate of drug-likeness (QED) is 0.686. The Labute approximate surface area is 85.5 Å². The summed E-state index contributed by atoms with van der Waals surface area (Å²) in [5, 5.41) is 0. The average molecular weight is 223 g/mol. The third-order valence-corrected chi connectivity index (χ3v) is 1.89. The zero-order valence-corrected chi connectivity index (χ0v) is 8.30. The van der Waals surface area contributed by atoms with Crippen molar-refractivity contribution in [3.63, 3.8) is 0 Å². The second-order valence-electron chi connectivity index (χ2n) is 3.26. The molecule has 0 unspecified atom stereocenters. The lowest BCUT2D eigenvalue weighted by molar-refractivity contribution is -0.139. The summed E-state index contributed by atoms with van der Waals surface area (Å²) < 4.78 is 40.8. The van der Waals surface area contributed by atoms with E-state index in [1.807, 2.05) is 0 Å². The van der Waals surface area contributed by atoms with Crippen LogP contribution < -0.4 is 0 Å². The van der Waals surface area contributed by atoms with Crippen LogP contribution in [0.5, 0.6) is 0 Å². The lowest BCUT2D eigenvalue weighted by atomic mass is 10.4. The Morgan fingerprint density at radius 2 is 2.27 bits per heavy atom. The number of nitrogens with zero attached hydrogens (tertiary/aromatic N) is 1. The van der Waals surface area contributed by atoms with Crippen molar-refractivity contribution in [2.75, 3.05) is 13.1 Å². The van der Waals surface area contributed by atoms with Crippen molar-refractivity contribution in [3.8, 4) is 0 Å². The van der Waals surface area contributed by atoms with Gasteiger partial charge in [0.05, 0.1) is 0 Å². The van der Waals surface area contributed by atoms with Crippen molar-refractivity contribution in [2.24, 2.45) is 0 Å². The van der Waals surface area contributed by atoms with Gasteiger partial charge in [-0.25, -0.2) is 0 Å². The SMILES string of the molecule is CCC(=O)OC1=CN(CC(F)(F)F)CC1. The van der Waals surface area contributed by atoms with Crippen molar-refractivity contribution < 1.29 is 22.7 Å². The molecule has 1 aliphatic rings. The smallest absolute Gasteiger partial charge is 0.405 e. The number of esters is 1. The molecule has 0 atom stereocenters. The standard InChI is InChI=1S/C9H12F3NO2/c1-2-8(14)15-7-3-4-13(5-7)6-9(10,11)12/h5H,2-4,6H2,1H3. The molecule has 0 saturated carbocycles. The number of ether oxygens (including phenoxy) is 1. The van der Waals surface area contributed by atoms with Crippen LogP contribution in [0.1, 0.15) is 19.8 Å². The van der Waals surface area contributed by atoms with Crippen LogP contribution in [0.15, 0.2) is 12.0 Å². The average Bonchev–Trinajstić information content (AvgIpc) is 2.49. The lowest BCUT2D eigenvalue weighted by Crippen LogP contribution is -2.28. The van der Waals surface area contributed by atoms with Crippen LogP contribution in [0.2, 0.25) is 0 Å². The molecule has 1 aliphatic heterocycles. The highest BCUT2D eigenvalue weighted by Gasteiger charge is 2.31. The second kappa shape index (κ2) is 4.55. The minimum Gasteiger partial charge on any atom is -0.429 e. The summed E-state index contributed by atoms with van der Waals surface area (Å²) in [6.45, 7) is 0.872. The van der Waals surface area contributed by atoms with E-state index in [1.165, 1.54) is 6.20 Å². The summed E-state index contributed by atoms with van der Waals surface area (Å²) in [7, 11) is 0. The Morgan fingerprint density at radius 3 is 2.80 bits per heavy atom. The van der Waals surface area contributed by atoms with Crippen LogP contribution in [0, 0.1) is 0 Å². The first-order chi connectivity index (χ1) is 6.90. The molecule has 0 aromatic rings. The van der Waals surface area contributed by atoms with Crippen LogP contribution in [0.4, 0.5) is 13.2 Å². The minimum absolute atomic E-state index is 0.219. The number of rotatable bonds is 3. The summed E-state index contributed by atoms with van der Waals surface area (Å²) in [5.74, 6) is -0.110. The van der Waals surface area contributed by atoms with Crippen molar-refractivity contribution in [1.82, 2.24) is 4.90 Å². The van der Waals surface area contributed by atoms with Crippen LogP contribution in [-0.2, 0) is 9.53 Å². The highest BCUT2D eigenvalue weighted by molar-refractivity contribution is 5.70. The Bertz CT molecular complexity index is 273. The van der Waals surface area contributed by atoms with Gasteiger partial charge in [0.15, 0.2) is 0 Å². The van der Waals surface area contributed by atoms with Gasteiger partial charge in [-0.1, -0.05) is 6.92 Å². The third kappa shape index (κ3) is 4.22. The zero-order valence-electron chi connectivity index (χ0n) is 8.30. The van der Waals surface area contributed by atoms with Crippen molar-refractivity contribution in [2.45, 2.75) is 25.9 Å². The maximum Gasteiger partial charge on any atom is 0.405 e. The number of halogens is 3. The monoisotopic (exact) mass is 223 g/mol. The summed E-state index contributed by atoms with van der Waals surface area (Å²) >= 11 is 0. The molecule has 0 bridgehead atoms. The molecule has 0 saturated heterocycles. The topological polar surface area (TPSA) is 29.5 Å². The van der Waals surface area contributed by atoms with E-state index < -0.39 is 18.7 Å². The molecular weight excluding hydrogens is 211 g/mol. The van der Waals surface area contributed by atoms with E-state index >= 15 is 0 Å². The maximum atomic E-state index is 12.0. The fourth-order valence-electron chi connectivity index (χ4n) is 1.24. The van der Waals surface area contributed by atoms with E-state index in [2.05, 4.69) is 0 Å². The lowest BCUT2D eigenvalue weighted by Gasteiger charge is -2.16. The fraction of sp³-hybridized carbons (Fsp3) is 0.667. The van der Waals surface area contributed by atoms with Crippen molar-refractivity contribution in [3.05, 3.63) is 12.0 Å². The Balaban J connectivity index is 2.44. The molecule has 0 aromatic heterocycles. The first kappa shape index (κ1) is 11.9. The van der Waals surface area contributed by atoms with Gasteiger partial charge >= 0.3 is 12.1 Å². The highest BCUT2D eigenvalue weighted by atomic mass is 19.4. The van der Waals surface area contributed by atoms with E-state index in [1.54, 1.807) is 6.92 Å². The first-order valence-corrected chi connectivity index (χ1v) is 4.63. The zero-order chi connectivity index (χ0) is 11.5. The van der Waals surface area contributed by atoms with Gasteiger partial charge in [0.25, 0.3) is 0 Å². The maximum absolute atomic E-state index is 12.0. The molecule has 0 spiro atoms. The normalized spacial score (nSPS) is 16.5. The largest absolute Gasteiger partial charge is 0.429 e. The van der Waals surface area contributed by atoms with E-state index in [9.17, 15) is 18.0 Å². The van der Waals surface area contributed by atoms with Gasteiger partial charge in [-0.3, -0.25) is 4.79 Å². The molecule has 6 heteroatoms. The molecule has 0 aromatic carbocycles. The van der Waals surface area contributed by atoms with E-state index in [4.69, 9.17) is 4.74 Å². The highest BCUT2D eigenvalue weighted by Crippen LogP contribution is 2.22. The molecule has 0 radical (unpaired) electrons. The van der Waals surface area contributed by atoms with Gasteiger partial charge in [0.2, 0.25) is 0 Å². The number of alkyl halides is 3. The van der Waals surface area contributed by atoms with Gasteiger partial charge in [0, 0.05) is 25.6 Å². The predicted molar refractivity (Wildman–Crippen MR) is 46.7 cm³/mol. The second-order valence-corrected chi connectivity index (χ2v) is 3.26. The molecule has 0 fully saturated rings. The van der Waals surface area contributed by atoms with Crippen LogP contribution >= 0.6 is 0 Å². The molecule has 0 N–H and O–H groups in total. The number of carbonyl (C=O) groups excluding carboxylic acids is 1. The van der Waals surface area contributed by atoms with Crippen LogP contribution in [0.25, 0.3) is 0 Å². The Hall–Kier alpha value is -1.20.